The molecule has 4 aromatic rings. The summed E-state index contributed by atoms with van der Waals surface area (Å²) in [6.07, 6.45) is 3.63. The van der Waals surface area contributed by atoms with Crippen LogP contribution in [-0.4, -0.2) is 18.4 Å². The summed E-state index contributed by atoms with van der Waals surface area (Å²) in [5, 5.41) is 0. The molecule has 0 saturated carbocycles. The van der Waals surface area contributed by atoms with E-state index in [0.29, 0.717) is 5.92 Å². The molecule has 3 aromatic carbocycles. The van der Waals surface area contributed by atoms with Gasteiger partial charge in [0.05, 0.1) is 10.6 Å². The van der Waals surface area contributed by atoms with Crippen LogP contribution in [0.15, 0.2) is 77.7 Å². The first kappa shape index (κ1) is 22.9. The molecule has 2 unspecified atom stereocenters. The molecule has 36 heavy (non-hydrogen) atoms. The Kier molecular flexibility index (Phi) is 5.64. The zero-order valence-corrected chi connectivity index (χ0v) is 21.3. The Morgan fingerprint density at radius 1 is 0.806 bits per heavy atom. The number of nitrogens with zero attached hydrogens (tertiary/aromatic N) is 2. The normalized spacial score (nSPS) is 20.2. The van der Waals surface area contributed by atoms with Gasteiger partial charge in [-0.25, -0.2) is 23.1 Å². The van der Waals surface area contributed by atoms with Gasteiger partial charge in [-0.3, -0.25) is 0 Å². The molecule has 2 atom stereocenters. The van der Waals surface area contributed by atoms with Gasteiger partial charge in [0, 0.05) is 11.3 Å². The van der Waals surface area contributed by atoms with Gasteiger partial charge in [-0.15, -0.1) is 0 Å². The predicted molar refractivity (Wildman–Crippen MR) is 143 cm³/mol. The van der Waals surface area contributed by atoms with Gasteiger partial charge < -0.3 is 0 Å². The molecule has 2 aliphatic rings. The summed E-state index contributed by atoms with van der Waals surface area (Å²) in [6, 6.07) is 24.3. The molecule has 2 heterocycles. The van der Waals surface area contributed by atoms with E-state index < -0.39 is 10.0 Å². The van der Waals surface area contributed by atoms with E-state index in [4.69, 9.17) is 9.97 Å². The molecular formula is C30H29N3O2S. The molecule has 0 radical (unpaired) electrons. The van der Waals surface area contributed by atoms with E-state index in [0.717, 1.165) is 59.3 Å². The number of hydrogen-bond acceptors (Lipinski definition) is 4. The van der Waals surface area contributed by atoms with E-state index in [1.165, 1.54) is 11.1 Å². The average molecular weight is 496 g/mol. The first-order chi connectivity index (χ1) is 17.4. The Bertz CT molecular complexity index is 1560. The van der Waals surface area contributed by atoms with Gasteiger partial charge in [-0.2, -0.15) is 0 Å². The van der Waals surface area contributed by atoms with Gasteiger partial charge in [0.25, 0.3) is 10.0 Å². The van der Waals surface area contributed by atoms with Crippen molar-refractivity contribution in [3.05, 3.63) is 106 Å². The summed E-state index contributed by atoms with van der Waals surface area (Å²) < 4.78 is 29.5. The Labute approximate surface area is 212 Å². The standard InChI is InChI=1S/C30H29N3O2S/c1-19-7-5-8-20(2)29(19)28-18-26-15-21-13-22-9-3-4-10-23(22)16-25(14-21)24-11-6-12-27(17-24)36(34,35)33-30(31-26)32-28/h3-12,17-18,21,25H,13-16H2,1-2H3,(H,31,32,33). The number of sulfonamides is 1. The molecule has 6 rings (SSSR count). The van der Waals surface area contributed by atoms with E-state index in [9.17, 15) is 8.42 Å². The number of hydrogen-bond donors (Lipinski definition) is 1. The fourth-order valence-corrected chi connectivity index (χ4v) is 6.91. The smallest absolute Gasteiger partial charge is 0.247 e. The topological polar surface area (TPSA) is 72.0 Å². The van der Waals surface area contributed by atoms with Crippen molar-refractivity contribution in [2.45, 2.75) is 50.3 Å². The molecule has 1 N–H and O–H groups in total. The van der Waals surface area contributed by atoms with Gasteiger partial charge >= 0.3 is 0 Å². The zero-order chi connectivity index (χ0) is 24.9. The third-order valence-electron chi connectivity index (χ3n) is 7.59. The molecule has 1 aliphatic carbocycles. The van der Waals surface area contributed by atoms with Crippen molar-refractivity contribution in [2.75, 3.05) is 4.72 Å². The summed E-state index contributed by atoms with van der Waals surface area (Å²) in [6.45, 7) is 4.12. The van der Waals surface area contributed by atoms with Crippen LogP contribution in [0.5, 0.6) is 0 Å². The van der Waals surface area contributed by atoms with Gasteiger partial charge in [0.15, 0.2) is 0 Å². The highest BCUT2D eigenvalue weighted by Crippen LogP contribution is 2.37. The van der Waals surface area contributed by atoms with E-state index >= 15 is 0 Å². The number of aryl methyl sites for hydroxylation is 2. The lowest BCUT2D eigenvalue weighted by molar-refractivity contribution is 0.438. The lowest BCUT2D eigenvalue weighted by atomic mass is 9.84. The number of nitrogens with one attached hydrogen (secondary N) is 1. The summed E-state index contributed by atoms with van der Waals surface area (Å²) in [5.41, 5.74) is 8.66. The predicted octanol–water partition coefficient (Wildman–Crippen LogP) is 6.01. The van der Waals surface area contributed by atoms with Crippen LogP contribution in [0.25, 0.3) is 11.3 Å². The van der Waals surface area contributed by atoms with Gasteiger partial charge in [0.1, 0.15) is 0 Å². The lowest BCUT2D eigenvalue weighted by Gasteiger charge is -2.22. The molecule has 1 aromatic heterocycles. The van der Waals surface area contributed by atoms with Crippen molar-refractivity contribution in [2.24, 2.45) is 5.92 Å². The van der Waals surface area contributed by atoms with Crippen LogP contribution in [0.4, 0.5) is 5.95 Å². The number of rotatable bonds is 1. The number of aromatic nitrogens is 2. The molecular weight excluding hydrogens is 466 g/mol. The quantitative estimate of drug-likeness (QED) is 0.351. The van der Waals surface area contributed by atoms with Crippen molar-refractivity contribution in [3.8, 4) is 11.3 Å². The number of anilines is 1. The van der Waals surface area contributed by atoms with Crippen LogP contribution in [0.1, 0.15) is 45.8 Å². The maximum absolute atomic E-state index is 13.4. The second-order valence-corrected chi connectivity index (χ2v) is 11.9. The van der Waals surface area contributed by atoms with Crippen LogP contribution in [0, 0.1) is 19.8 Å². The third kappa shape index (κ3) is 4.30. The molecule has 182 valence electrons. The summed E-state index contributed by atoms with van der Waals surface area (Å²) in [7, 11) is -3.84. The van der Waals surface area contributed by atoms with Crippen LogP contribution in [0.3, 0.4) is 0 Å². The molecule has 0 fully saturated rings. The van der Waals surface area contributed by atoms with Crippen molar-refractivity contribution in [1.29, 1.82) is 0 Å². The second kappa shape index (κ2) is 8.86. The van der Waals surface area contributed by atoms with Crippen molar-refractivity contribution < 1.29 is 8.42 Å². The molecule has 0 saturated heterocycles. The monoisotopic (exact) mass is 495 g/mol. The van der Waals surface area contributed by atoms with E-state index in [1.807, 2.05) is 24.3 Å². The number of fused-ring (bicyclic) bond motifs is 8. The highest BCUT2D eigenvalue weighted by Gasteiger charge is 2.28. The summed E-state index contributed by atoms with van der Waals surface area (Å²) in [4.78, 5) is 9.66. The SMILES string of the molecule is Cc1cccc(C)c1-c1cc2nc(n1)NS(=O)(=O)c1cccc(c1)C1Cc3ccccc3CC(C2)C1. The van der Waals surface area contributed by atoms with Crippen molar-refractivity contribution >= 4 is 16.0 Å². The molecule has 0 spiro atoms. The fourth-order valence-electron chi connectivity index (χ4n) is 5.92. The molecule has 0 amide bonds. The fraction of sp³-hybridized carbons (Fsp3) is 0.267. The van der Waals surface area contributed by atoms with Gasteiger partial charge in [-0.1, -0.05) is 54.6 Å². The summed E-state index contributed by atoms with van der Waals surface area (Å²) >= 11 is 0. The Balaban J connectivity index is 1.55. The van der Waals surface area contributed by atoms with E-state index in [1.54, 1.807) is 6.07 Å². The average Bonchev–Trinajstić information content (AvgIpc) is 3.02. The highest BCUT2D eigenvalue weighted by atomic mass is 32.2. The van der Waals surface area contributed by atoms with Gasteiger partial charge in [0.2, 0.25) is 5.95 Å². The van der Waals surface area contributed by atoms with Crippen molar-refractivity contribution in [1.82, 2.24) is 9.97 Å². The lowest BCUT2D eigenvalue weighted by Crippen LogP contribution is -2.19. The second-order valence-electron chi connectivity index (χ2n) is 10.2. The van der Waals surface area contributed by atoms with Crippen LogP contribution >= 0.6 is 0 Å². The Morgan fingerprint density at radius 3 is 2.31 bits per heavy atom. The maximum Gasteiger partial charge on any atom is 0.264 e. The Hall–Kier alpha value is -3.51. The third-order valence-corrected chi connectivity index (χ3v) is 8.92. The zero-order valence-electron chi connectivity index (χ0n) is 20.5. The molecule has 6 heteroatoms. The molecule has 5 nitrogen and oxygen atoms in total. The minimum atomic E-state index is -3.84. The first-order valence-corrected chi connectivity index (χ1v) is 14.0. The van der Waals surface area contributed by atoms with Crippen LogP contribution in [-0.2, 0) is 29.3 Å². The number of benzene rings is 3. The largest absolute Gasteiger partial charge is 0.264 e. The first-order valence-electron chi connectivity index (χ1n) is 12.5. The van der Waals surface area contributed by atoms with Crippen LogP contribution < -0.4 is 4.72 Å². The maximum atomic E-state index is 13.4. The van der Waals surface area contributed by atoms with Crippen LogP contribution in [0.2, 0.25) is 0 Å². The minimum absolute atomic E-state index is 0.127. The Morgan fingerprint density at radius 2 is 1.53 bits per heavy atom. The van der Waals surface area contributed by atoms with Gasteiger partial charge in [-0.05, 0) is 97.4 Å². The van der Waals surface area contributed by atoms with E-state index in [-0.39, 0.29) is 16.8 Å². The van der Waals surface area contributed by atoms with E-state index in [2.05, 4.69) is 61.0 Å². The summed E-state index contributed by atoms with van der Waals surface area (Å²) in [5.74, 6) is 0.751. The molecule has 1 aliphatic heterocycles. The van der Waals surface area contributed by atoms with Crippen molar-refractivity contribution in [3.63, 3.8) is 0 Å². The highest BCUT2D eigenvalue weighted by molar-refractivity contribution is 7.92. The molecule has 6 bridgehead atoms. The minimum Gasteiger partial charge on any atom is -0.247 e.